The van der Waals surface area contributed by atoms with E-state index in [0.29, 0.717) is 17.8 Å². The van der Waals surface area contributed by atoms with Gasteiger partial charge < -0.3 is 27.3 Å². The molecule has 0 heterocycles. The van der Waals surface area contributed by atoms with Crippen LogP contribution in [0.5, 0.6) is 0 Å². The number of hydrogen-bond acceptors (Lipinski definition) is 6. The quantitative estimate of drug-likeness (QED) is 0.181. The number of aliphatic carboxylic acids is 1. The Labute approximate surface area is 117 Å². The lowest BCUT2D eigenvalue weighted by Gasteiger charge is -2.17. The van der Waals surface area contributed by atoms with Crippen LogP contribution in [0, 0.1) is 0 Å². The molecule has 114 valence electrons. The van der Waals surface area contributed by atoms with E-state index in [2.05, 4.69) is 0 Å². The highest BCUT2D eigenvalue weighted by atomic mass is 19.1. The van der Waals surface area contributed by atoms with Crippen molar-refractivity contribution >= 4 is 5.97 Å². The number of halogens is 1. The third-order valence-electron chi connectivity index (χ3n) is 2.27. The molecule has 0 fully saturated rings. The second kappa shape index (κ2) is 8.81. The number of allylic oxidation sites excluding steroid dienone is 4. The minimum atomic E-state index is -1.31. The predicted molar refractivity (Wildman–Crippen MR) is 75.1 cm³/mol. The van der Waals surface area contributed by atoms with Crippen LogP contribution in [0.2, 0.25) is 0 Å². The second-order valence-corrected chi connectivity index (χ2v) is 4.37. The molecule has 0 rings (SSSR count). The standard InChI is InChI=1S/C12H22FN5O2/c1-8(14)2-4-10(15)5-3-9(13)6-18(17)7-11(16)12(19)20/h2,4,7,9H,3,5-6,14-17H2,1H3,(H,19,20)/b8-2-,10-4-,11-7-. The van der Waals surface area contributed by atoms with E-state index in [1.165, 1.54) is 0 Å². The van der Waals surface area contributed by atoms with Gasteiger partial charge in [0.2, 0.25) is 0 Å². The van der Waals surface area contributed by atoms with Crippen LogP contribution in [-0.4, -0.2) is 28.8 Å². The topological polar surface area (TPSA) is 145 Å². The molecule has 0 aliphatic carbocycles. The molecule has 0 bridgehead atoms. The number of nitrogens with zero attached hydrogens (tertiary/aromatic N) is 1. The lowest BCUT2D eigenvalue weighted by atomic mass is 10.1. The number of carboxylic acid groups (broad SMARTS) is 1. The molecule has 7 nitrogen and oxygen atoms in total. The van der Waals surface area contributed by atoms with Gasteiger partial charge in [-0.15, -0.1) is 0 Å². The molecule has 0 aromatic rings. The first-order chi connectivity index (χ1) is 9.22. The van der Waals surface area contributed by atoms with E-state index in [1.807, 2.05) is 0 Å². The van der Waals surface area contributed by atoms with Crippen molar-refractivity contribution in [3.05, 3.63) is 35.4 Å². The summed E-state index contributed by atoms with van der Waals surface area (Å²) in [6.45, 7) is 1.54. The summed E-state index contributed by atoms with van der Waals surface area (Å²) < 4.78 is 13.6. The number of alkyl halides is 1. The fraction of sp³-hybridized carbons (Fsp3) is 0.417. The largest absolute Gasteiger partial charge is 0.477 e. The van der Waals surface area contributed by atoms with Crippen LogP contribution in [0.15, 0.2) is 35.4 Å². The summed E-state index contributed by atoms with van der Waals surface area (Å²) in [5.41, 5.74) is 16.9. The maximum Gasteiger partial charge on any atom is 0.353 e. The van der Waals surface area contributed by atoms with Gasteiger partial charge in [-0.25, -0.2) is 15.0 Å². The number of carbonyl (C=O) groups is 1. The van der Waals surface area contributed by atoms with Crippen LogP contribution in [0.3, 0.4) is 0 Å². The summed E-state index contributed by atoms with van der Waals surface area (Å²) in [6.07, 6.45) is 3.46. The first kappa shape index (κ1) is 17.8. The van der Waals surface area contributed by atoms with Gasteiger partial charge in [0.15, 0.2) is 0 Å². The summed E-state index contributed by atoms with van der Waals surface area (Å²) >= 11 is 0. The SMILES string of the molecule is C/C(N)=C/C=C(\N)CCC(F)CN(N)/C=C(\N)C(=O)O. The Kier molecular flexibility index (Phi) is 7.83. The molecule has 1 unspecified atom stereocenters. The van der Waals surface area contributed by atoms with Crippen molar-refractivity contribution in [3.8, 4) is 0 Å². The number of hydrazine groups is 1. The maximum atomic E-state index is 13.6. The Morgan fingerprint density at radius 3 is 2.45 bits per heavy atom. The number of rotatable bonds is 8. The van der Waals surface area contributed by atoms with Gasteiger partial charge in [-0.05, 0) is 31.9 Å². The monoisotopic (exact) mass is 287 g/mol. The molecule has 9 N–H and O–H groups in total. The van der Waals surface area contributed by atoms with E-state index >= 15 is 0 Å². The third kappa shape index (κ3) is 8.81. The van der Waals surface area contributed by atoms with E-state index in [0.717, 1.165) is 11.2 Å². The number of nitrogens with two attached hydrogens (primary N) is 4. The van der Waals surface area contributed by atoms with Crippen molar-refractivity contribution in [1.29, 1.82) is 0 Å². The lowest BCUT2D eigenvalue weighted by molar-refractivity contribution is -0.132. The Morgan fingerprint density at radius 2 is 1.95 bits per heavy atom. The molecule has 0 amide bonds. The second-order valence-electron chi connectivity index (χ2n) is 4.37. The fourth-order valence-corrected chi connectivity index (χ4v) is 1.25. The van der Waals surface area contributed by atoms with E-state index < -0.39 is 17.8 Å². The minimum Gasteiger partial charge on any atom is -0.477 e. The van der Waals surface area contributed by atoms with Crippen LogP contribution in [-0.2, 0) is 4.79 Å². The molecule has 0 radical (unpaired) electrons. The van der Waals surface area contributed by atoms with Gasteiger partial charge in [0.1, 0.15) is 11.9 Å². The molecular formula is C12H22FN5O2. The summed E-state index contributed by atoms with van der Waals surface area (Å²) in [6, 6.07) is 0. The first-order valence-electron chi connectivity index (χ1n) is 5.96. The van der Waals surface area contributed by atoms with E-state index in [4.69, 9.17) is 28.2 Å². The molecule has 20 heavy (non-hydrogen) atoms. The average Bonchev–Trinajstić information content (AvgIpc) is 2.33. The van der Waals surface area contributed by atoms with Crippen molar-refractivity contribution in [2.75, 3.05) is 6.54 Å². The third-order valence-corrected chi connectivity index (χ3v) is 2.27. The Morgan fingerprint density at radius 1 is 1.35 bits per heavy atom. The molecule has 0 aliphatic heterocycles. The Hall–Kier alpha value is -2.22. The van der Waals surface area contributed by atoms with E-state index in [-0.39, 0.29) is 13.0 Å². The van der Waals surface area contributed by atoms with Crippen LogP contribution >= 0.6 is 0 Å². The molecule has 0 aliphatic rings. The van der Waals surface area contributed by atoms with Gasteiger partial charge >= 0.3 is 5.97 Å². The van der Waals surface area contributed by atoms with Crippen molar-refractivity contribution in [2.24, 2.45) is 23.0 Å². The highest BCUT2D eigenvalue weighted by Gasteiger charge is 2.11. The van der Waals surface area contributed by atoms with Gasteiger partial charge in [0.05, 0.1) is 6.54 Å². The number of carboxylic acids is 1. The highest BCUT2D eigenvalue weighted by Crippen LogP contribution is 2.08. The van der Waals surface area contributed by atoms with Crippen molar-refractivity contribution in [3.63, 3.8) is 0 Å². The molecule has 0 aromatic heterocycles. The molecule has 0 saturated heterocycles. The van der Waals surface area contributed by atoms with Gasteiger partial charge in [0.25, 0.3) is 0 Å². The smallest absolute Gasteiger partial charge is 0.353 e. The Balaban J connectivity index is 4.21. The average molecular weight is 287 g/mol. The summed E-state index contributed by atoms with van der Waals surface area (Å²) in [5.74, 6) is 4.11. The zero-order chi connectivity index (χ0) is 15.7. The van der Waals surface area contributed by atoms with E-state index in [9.17, 15) is 9.18 Å². The van der Waals surface area contributed by atoms with Crippen LogP contribution < -0.4 is 23.0 Å². The van der Waals surface area contributed by atoms with Crippen molar-refractivity contribution in [2.45, 2.75) is 25.9 Å². The minimum absolute atomic E-state index is 0.161. The summed E-state index contributed by atoms with van der Waals surface area (Å²) in [5, 5.41) is 9.44. The zero-order valence-electron chi connectivity index (χ0n) is 11.4. The molecule has 0 aromatic carbocycles. The lowest BCUT2D eigenvalue weighted by Crippen LogP contribution is -2.33. The molecule has 0 saturated carbocycles. The van der Waals surface area contributed by atoms with Gasteiger partial charge in [-0.3, -0.25) is 0 Å². The van der Waals surface area contributed by atoms with Gasteiger partial charge in [-0.2, -0.15) is 0 Å². The predicted octanol–water partition coefficient (Wildman–Crippen LogP) is -0.130. The first-order valence-corrected chi connectivity index (χ1v) is 5.96. The summed E-state index contributed by atoms with van der Waals surface area (Å²) in [4.78, 5) is 10.5. The molecule has 1 atom stereocenters. The van der Waals surface area contributed by atoms with Gasteiger partial charge in [-0.1, -0.05) is 0 Å². The van der Waals surface area contributed by atoms with Crippen molar-refractivity contribution in [1.82, 2.24) is 5.01 Å². The molecule has 8 heteroatoms. The van der Waals surface area contributed by atoms with Crippen molar-refractivity contribution < 1.29 is 14.3 Å². The van der Waals surface area contributed by atoms with Crippen LogP contribution in [0.4, 0.5) is 4.39 Å². The van der Waals surface area contributed by atoms with Crippen LogP contribution in [0.25, 0.3) is 0 Å². The van der Waals surface area contributed by atoms with E-state index in [1.54, 1.807) is 19.1 Å². The normalized spacial score (nSPS) is 15.1. The number of hydrogen-bond donors (Lipinski definition) is 5. The zero-order valence-corrected chi connectivity index (χ0v) is 11.4. The molecule has 0 spiro atoms. The highest BCUT2D eigenvalue weighted by molar-refractivity contribution is 5.85. The summed E-state index contributed by atoms with van der Waals surface area (Å²) in [7, 11) is 0. The molecular weight excluding hydrogens is 265 g/mol. The van der Waals surface area contributed by atoms with Gasteiger partial charge in [0, 0.05) is 17.6 Å². The maximum absolute atomic E-state index is 13.6. The Bertz CT molecular complexity index is 416. The fourth-order valence-electron chi connectivity index (χ4n) is 1.25. The van der Waals surface area contributed by atoms with Crippen LogP contribution in [0.1, 0.15) is 19.8 Å².